The molecule has 2 fully saturated rings. The summed E-state index contributed by atoms with van der Waals surface area (Å²) in [6, 6.07) is 0. The van der Waals surface area contributed by atoms with Crippen LogP contribution in [0.3, 0.4) is 0 Å². The van der Waals surface area contributed by atoms with E-state index in [0.717, 1.165) is 38.4 Å². The second-order valence-electron chi connectivity index (χ2n) is 5.61. The third kappa shape index (κ3) is 2.56. The van der Waals surface area contributed by atoms with Gasteiger partial charge in [-0.3, -0.25) is 0 Å². The van der Waals surface area contributed by atoms with Crippen LogP contribution in [0.4, 0.5) is 0 Å². The first-order valence-corrected chi connectivity index (χ1v) is 6.92. The minimum atomic E-state index is -0.128. The molecule has 1 heterocycles. The summed E-state index contributed by atoms with van der Waals surface area (Å²) in [4.78, 5) is 0. The van der Waals surface area contributed by atoms with Crippen molar-refractivity contribution in [2.24, 2.45) is 17.8 Å². The number of rotatable bonds is 5. The van der Waals surface area contributed by atoms with Gasteiger partial charge in [0.05, 0.1) is 19.3 Å². The van der Waals surface area contributed by atoms with Gasteiger partial charge in [0.25, 0.3) is 0 Å². The first-order valence-electron chi connectivity index (χ1n) is 6.92. The van der Waals surface area contributed by atoms with Gasteiger partial charge >= 0.3 is 0 Å². The Labute approximate surface area is 103 Å². The van der Waals surface area contributed by atoms with Gasteiger partial charge in [-0.05, 0) is 49.9 Å². The Kier molecular flexibility index (Phi) is 3.50. The van der Waals surface area contributed by atoms with E-state index >= 15 is 0 Å². The topological polar surface area (TPSA) is 38.7 Å². The molecule has 1 N–H and O–H groups in total. The second-order valence-corrected chi connectivity index (χ2v) is 5.61. The molecule has 0 aromatic carbocycles. The molecule has 4 atom stereocenters. The third-order valence-electron chi connectivity index (χ3n) is 4.46. The summed E-state index contributed by atoms with van der Waals surface area (Å²) in [5, 5.41) is 10.2. The maximum absolute atomic E-state index is 10.2. The Hall–Kier alpha value is -0.380. The van der Waals surface area contributed by atoms with Gasteiger partial charge in [0.15, 0.2) is 6.29 Å². The van der Waals surface area contributed by atoms with Gasteiger partial charge in [0.2, 0.25) is 0 Å². The van der Waals surface area contributed by atoms with Gasteiger partial charge < -0.3 is 14.6 Å². The van der Waals surface area contributed by atoms with Gasteiger partial charge in [0.1, 0.15) is 0 Å². The molecule has 0 radical (unpaired) electrons. The van der Waals surface area contributed by atoms with Crippen molar-refractivity contribution < 1.29 is 14.6 Å². The lowest BCUT2D eigenvalue weighted by atomic mass is 9.86. The lowest BCUT2D eigenvalue weighted by Gasteiger charge is -2.24. The van der Waals surface area contributed by atoms with Crippen molar-refractivity contribution in [1.29, 1.82) is 0 Å². The third-order valence-corrected chi connectivity index (χ3v) is 4.46. The van der Waals surface area contributed by atoms with Gasteiger partial charge in [-0.15, -0.1) is 0 Å². The van der Waals surface area contributed by atoms with Crippen LogP contribution >= 0.6 is 0 Å². The van der Waals surface area contributed by atoms with Crippen LogP contribution in [0.2, 0.25) is 0 Å². The predicted molar refractivity (Wildman–Crippen MR) is 64.4 cm³/mol. The first-order chi connectivity index (χ1) is 8.33. The average molecular weight is 238 g/mol. The molecule has 17 heavy (non-hydrogen) atoms. The van der Waals surface area contributed by atoms with E-state index in [-0.39, 0.29) is 12.4 Å². The number of ether oxygens (including phenoxy) is 2. The summed E-state index contributed by atoms with van der Waals surface area (Å²) in [7, 11) is 0. The monoisotopic (exact) mass is 238 g/mol. The zero-order valence-electron chi connectivity index (χ0n) is 10.3. The van der Waals surface area contributed by atoms with Crippen molar-refractivity contribution in [2.75, 3.05) is 13.2 Å². The van der Waals surface area contributed by atoms with Gasteiger partial charge in [-0.25, -0.2) is 0 Å². The van der Waals surface area contributed by atoms with Crippen molar-refractivity contribution in [2.45, 2.75) is 44.5 Å². The molecule has 0 aromatic rings. The van der Waals surface area contributed by atoms with E-state index in [0.29, 0.717) is 11.8 Å². The molecule has 3 heteroatoms. The van der Waals surface area contributed by atoms with E-state index in [4.69, 9.17) is 9.47 Å². The maximum Gasteiger partial charge on any atom is 0.157 e. The van der Waals surface area contributed by atoms with Crippen molar-refractivity contribution in [3.05, 3.63) is 12.2 Å². The van der Waals surface area contributed by atoms with E-state index in [1.54, 1.807) is 0 Å². The minimum Gasteiger partial charge on any atom is -0.393 e. The zero-order valence-corrected chi connectivity index (χ0v) is 10.3. The van der Waals surface area contributed by atoms with E-state index in [9.17, 15) is 5.11 Å². The largest absolute Gasteiger partial charge is 0.393 e. The molecule has 2 bridgehead atoms. The van der Waals surface area contributed by atoms with Crippen molar-refractivity contribution in [3.8, 4) is 0 Å². The molecule has 4 unspecified atom stereocenters. The molecular weight excluding hydrogens is 216 g/mol. The fourth-order valence-corrected chi connectivity index (χ4v) is 3.55. The average Bonchev–Trinajstić information content (AvgIpc) is 3.05. The molecule has 2 aliphatic carbocycles. The highest BCUT2D eigenvalue weighted by Crippen LogP contribution is 2.45. The van der Waals surface area contributed by atoms with Crippen LogP contribution in [-0.2, 0) is 9.47 Å². The summed E-state index contributed by atoms with van der Waals surface area (Å²) in [6.45, 7) is 1.45. The number of allylic oxidation sites excluding steroid dienone is 2. The van der Waals surface area contributed by atoms with Crippen LogP contribution in [0.5, 0.6) is 0 Å². The summed E-state index contributed by atoms with van der Waals surface area (Å²) >= 11 is 0. The van der Waals surface area contributed by atoms with Crippen LogP contribution in [0.1, 0.15) is 32.1 Å². The molecule has 0 aromatic heterocycles. The number of hydrogen-bond acceptors (Lipinski definition) is 3. The maximum atomic E-state index is 10.2. The fraction of sp³-hybridized carbons (Fsp3) is 0.857. The molecule has 3 aliphatic rings. The quantitative estimate of drug-likeness (QED) is 0.745. The summed E-state index contributed by atoms with van der Waals surface area (Å²) in [5.74, 6) is 1.91. The highest BCUT2D eigenvalue weighted by atomic mass is 16.7. The van der Waals surface area contributed by atoms with Gasteiger partial charge in [0, 0.05) is 0 Å². The van der Waals surface area contributed by atoms with E-state index in [2.05, 4.69) is 12.2 Å². The standard InChI is InChI=1S/C14H22O3/c15-13(2-1-3-14-16-6-7-17-14)12-9-10-4-5-11(12)8-10/h4-5,10-15H,1-3,6-9H2. The minimum absolute atomic E-state index is 0.0119. The van der Waals surface area contributed by atoms with Crippen molar-refractivity contribution in [1.82, 2.24) is 0 Å². The van der Waals surface area contributed by atoms with E-state index < -0.39 is 0 Å². The summed E-state index contributed by atoms with van der Waals surface area (Å²) < 4.78 is 10.8. The molecule has 0 amide bonds. The van der Waals surface area contributed by atoms with Crippen LogP contribution in [0, 0.1) is 17.8 Å². The van der Waals surface area contributed by atoms with Crippen molar-refractivity contribution >= 4 is 0 Å². The highest BCUT2D eigenvalue weighted by Gasteiger charge is 2.39. The van der Waals surface area contributed by atoms with Crippen molar-refractivity contribution in [3.63, 3.8) is 0 Å². The smallest absolute Gasteiger partial charge is 0.157 e. The molecule has 3 nitrogen and oxygen atoms in total. The molecule has 3 rings (SSSR count). The van der Waals surface area contributed by atoms with E-state index in [1.807, 2.05) is 0 Å². The molecule has 1 saturated heterocycles. The molecule has 96 valence electrons. The summed E-state index contributed by atoms with van der Waals surface area (Å²) in [5.41, 5.74) is 0. The Morgan fingerprint density at radius 2 is 2.00 bits per heavy atom. The Morgan fingerprint density at radius 3 is 2.65 bits per heavy atom. The Balaban J connectivity index is 1.38. The zero-order chi connectivity index (χ0) is 11.7. The lowest BCUT2D eigenvalue weighted by molar-refractivity contribution is -0.0504. The SMILES string of the molecule is OC(CCCC1OCCO1)C1CC2C=CC1C2. The first kappa shape index (κ1) is 11.7. The second kappa shape index (κ2) is 5.09. The lowest BCUT2D eigenvalue weighted by Crippen LogP contribution is -2.24. The van der Waals surface area contributed by atoms with Crippen LogP contribution in [-0.4, -0.2) is 30.7 Å². The Morgan fingerprint density at radius 1 is 1.18 bits per heavy atom. The van der Waals surface area contributed by atoms with Crippen LogP contribution < -0.4 is 0 Å². The number of aliphatic hydroxyl groups is 1. The predicted octanol–water partition coefficient (Wildman–Crippen LogP) is 2.10. The number of aliphatic hydroxyl groups excluding tert-OH is 1. The summed E-state index contributed by atoms with van der Waals surface area (Å²) in [6.07, 6.45) is 9.79. The molecular formula is C14H22O3. The molecule has 0 spiro atoms. The fourth-order valence-electron chi connectivity index (χ4n) is 3.55. The number of fused-ring (bicyclic) bond motifs is 2. The van der Waals surface area contributed by atoms with Gasteiger partial charge in [-0.1, -0.05) is 12.2 Å². The van der Waals surface area contributed by atoms with Crippen LogP contribution in [0.25, 0.3) is 0 Å². The van der Waals surface area contributed by atoms with Crippen LogP contribution in [0.15, 0.2) is 12.2 Å². The number of hydrogen-bond donors (Lipinski definition) is 1. The Bertz CT molecular complexity index is 283. The molecule has 1 aliphatic heterocycles. The highest BCUT2D eigenvalue weighted by molar-refractivity contribution is 5.11. The van der Waals surface area contributed by atoms with E-state index in [1.165, 1.54) is 12.8 Å². The van der Waals surface area contributed by atoms with Gasteiger partial charge in [-0.2, -0.15) is 0 Å². The molecule has 1 saturated carbocycles. The normalized spacial score (nSPS) is 38.1.